The van der Waals surface area contributed by atoms with E-state index in [0.29, 0.717) is 13.0 Å². The second-order valence-corrected chi connectivity index (χ2v) is 7.82. The van der Waals surface area contributed by atoms with Crippen molar-refractivity contribution in [3.8, 4) is 5.75 Å². The minimum Gasteiger partial charge on any atom is -0.488 e. The number of amides is 1. The van der Waals surface area contributed by atoms with Crippen LogP contribution in [0.5, 0.6) is 5.75 Å². The zero-order chi connectivity index (χ0) is 20.2. The van der Waals surface area contributed by atoms with E-state index >= 15 is 0 Å². The Morgan fingerprint density at radius 1 is 1.39 bits per heavy atom. The molecule has 2 fully saturated rings. The van der Waals surface area contributed by atoms with Crippen molar-refractivity contribution in [2.75, 3.05) is 13.2 Å². The van der Waals surface area contributed by atoms with Crippen molar-refractivity contribution < 1.29 is 23.4 Å². The van der Waals surface area contributed by atoms with Crippen LogP contribution in [0.4, 0.5) is 13.6 Å². The number of aromatic nitrogens is 2. The molecule has 2 bridgehead atoms. The summed E-state index contributed by atoms with van der Waals surface area (Å²) < 4.78 is 34.1. The molecule has 2 aromatic rings. The molecule has 0 radical (unpaired) electrons. The Morgan fingerprint density at radius 2 is 2.14 bits per heavy atom. The molecule has 3 N–H and O–H groups in total. The first-order valence-corrected chi connectivity index (χ1v) is 9.60. The van der Waals surface area contributed by atoms with Crippen molar-refractivity contribution >= 4 is 44.5 Å². The van der Waals surface area contributed by atoms with Gasteiger partial charge in [-0.25, -0.2) is 18.6 Å². The molecule has 1 amide bonds. The van der Waals surface area contributed by atoms with Gasteiger partial charge in [-0.2, -0.15) is 0 Å². The number of carbonyl (C=O) groups is 1. The van der Waals surface area contributed by atoms with Crippen LogP contribution in [0.1, 0.15) is 12.8 Å². The van der Waals surface area contributed by atoms with Crippen molar-refractivity contribution in [3.63, 3.8) is 0 Å². The standard InChI is InChI=1S/C16H14BrClF2N4O4/c17-9-10(19)12-8(14(25)23-15(18)22-12)13(11(9)20)28-4-6-7-2-1-5(3-21-6)24(7)16(26)27/h5-7,21H,1-4H2,(H,26,27)(H,22,23,25)/t5-,6-,7+/m1/s1. The Bertz CT molecular complexity index is 1040. The maximum atomic E-state index is 14.7. The molecule has 0 spiro atoms. The number of rotatable bonds is 3. The maximum absolute atomic E-state index is 14.7. The number of ether oxygens (including phenoxy) is 1. The maximum Gasteiger partial charge on any atom is 0.407 e. The van der Waals surface area contributed by atoms with Gasteiger partial charge in [0.05, 0.1) is 16.6 Å². The van der Waals surface area contributed by atoms with Gasteiger partial charge in [-0.1, -0.05) is 0 Å². The highest BCUT2D eigenvalue weighted by atomic mass is 79.9. The van der Waals surface area contributed by atoms with Gasteiger partial charge in [-0.3, -0.25) is 14.7 Å². The molecule has 3 atom stereocenters. The summed E-state index contributed by atoms with van der Waals surface area (Å²) in [5, 5.41) is 11.9. The van der Waals surface area contributed by atoms with Gasteiger partial charge in [0, 0.05) is 12.6 Å². The van der Waals surface area contributed by atoms with E-state index in [-0.39, 0.29) is 24.0 Å². The summed E-state index contributed by atoms with van der Waals surface area (Å²) in [5.41, 5.74) is -1.28. The molecule has 12 heteroatoms. The smallest absolute Gasteiger partial charge is 0.407 e. The average Bonchev–Trinajstić information content (AvgIpc) is 2.96. The number of hydrogen-bond acceptors (Lipinski definition) is 5. The number of hydrogen-bond donors (Lipinski definition) is 3. The number of halogens is 4. The summed E-state index contributed by atoms with van der Waals surface area (Å²) in [6, 6.07) is -0.849. The zero-order valence-electron chi connectivity index (χ0n) is 14.1. The Balaban J connectivity index is 1.69. The zero-order valence-corrected chi connectivity index (χ0v) is 16.5. The Labute approximate surface area is 170 Å². The highest BCUT2D eigenvalue weighted by Crippen LogP contribution is 2.36. The van der Waals surface area contributed by atoms with Crippen molar-refractivity contribution in [1.82, 2.24) is 20.2 Å². The van der Waals surface area contributed by atoms with Crippen LogP contribution in [0.15, 0.2) is 9.27 Å². The summed E-state index contributed by atoms with van der Waals surface area (Å²) in [6.07, 6.45) is 0.351. The lowest BCUT2D eigenvalue weighted by Gasteiger charge is -2.38. The second-order valence-electron chi connectivity index (χ2n) is 6.67. The van der Waals surface area contributed by atoms with Crippen molar-refractivity contribution in [1.29, 1.82) is 0 Å². The average molecular weight is 480 g/mol. The number of nitrogens with zero attached hydrogens (tertiary/aromatic N) is 2. The largest absolute Gasteiger partial charge is 0.488 e. The van der Waals surface area contributed by atoms with Gasteiger partial charge in [0.25, 0.3) is 5.56 Å². The molecule has 2 aliphatic rings. The first-order valence-electron chi connectivity index (χ1n) is 8.43. The summed E-state index contributed by atoms with van der Waals surface area (Å²) in [6.45, 7) is 0.332. The SMILES string of the molecule is O=C(O)N1[C@@H]2CC[C@H]1[C@@H](COc1c(F)c(Br)c(F)c3nc(Cl)[nH]c(=O)c13)NC2. The highest BCUT2D eigenvalue weighted by Gasteiger charge is 2.45. The van der Waals surface area contributed by atoms with Gasteiger partial charge in [0.1, 0.15) is 17.5 Å². The summed E-state index contributed by atoms with van der Waals surface area (Å²) in [5.74, 6) is -2.63. The molecule has 0 aliphatic carbocycles. The van der Waals surface area contributed by atoms with E-state index in [1.54, 1.807) is 0 Å². The molecule has 2 aliphatic heterocycles. The van der Waals surface area contributed by atoms with Crippen LogP contribution in [0.25, 0.3) is 10.9 Å². The molecule has 0 unspecified atom stereocenters. The van der Waals surface area contributed by atoms with Crippen molar-refractivity contribution in [3.05, 3.63) is 31.7 Å². The van der Waals surface area contributed by atoms with E-state index in [1.165, 1.54) is 4.90 Å². The molecule has 1 aromatic carbocycles. The van der Waals surface area contributed by atoms with E-state index in [1.807, 2.05) is 0 Å². The lowest BCUT2D eigenvalue weighted by atomic mass is 10.1. The van der Waals surface area contributed by atoms with Crippen LogP contribution in [0, 0.1) is 11.6 Å². The number of nitrogens with one attached hydrogen (secondary N) is 2. The van der Waals surface area contributed by atoms with Crippen LogP contribution in [0.2, 0.25) is 5.28 Å². The summed E-state index contributed by atoms with van der Waals surface area (Å²) in [7, 11) is 0. The van der Waals surface area contributed by atoms with Crippen molar-refractivity contribution in [2.24, 2.45) is 0 Å². The monoisotopic (exact) mass is 478 g/mol. The summed E-state index contributed by atoms with van der Waals surface area (Å²) >= 11 is 8.47. The molecule has 1 aromatic heterocycles. The molecular formula is C16H14BrClF2N4O4. The van der Waals surface area contributed by atoms with E-state index < -0.39 is 50.5 Å². The van der Waals surface area contributed by atoms with Crippen LogP contribution in [-0.4, -0.2) is 57.3 Å². The molecule has 3 heterocycles. The molecule has 8 nitrogen and oxygen atoms in total. The fourth-order valence-electron chi connectivity index (χ4n) is 3.93. The molecule has 4 rings (SSSR count). The van der Waals surface area contributed by atoms with Crippen LogP contribution >= 0.6 is 27.5 Å². The number of carboxylic acid groups (broad SMARTS) is 1. The topological polar surface area (TPSA) is 108 Å². The van der Waals surface area contributed by atoms with E-state index in [9.17, 15) is 23.5 Å². The third-order valence-electron chi connectivity index (χ3n) is 5.16. The Kier molecular flexibility index (Phi) is 4.92. The van der Waals surface area contributed by atoms with Gasteiger partial charge >= 0.3 is 6.09 Å². The number of fused-ring (bicyclic) bond motifs is 3. The molecule has 2 saturated heterocycles. The van der Waals surface area contributed by atoms with E-state index in [0.717, 1.165) is 6.42 Å². The summed E-state index contributed by atoms with van der Waals surface area (Å²) in [4.78, 5) is 31.0. The molecule has 28 heavy (non-hydrogen) atoms. The number of piperazine rings is 1. The van der Waals surface area contributed by atoms with Crippen LogP contribution < -0.4 is 15.6 Å². The van der Waals surface area contributed by atoms with Crippen LogP contribution in [0.3, 0.4) is 0 Å². The van der Waals surface area contributed by atoms with E-state index in [2.05, 4.69) is 31.2 Å². The van der Waals surface area contributed by atoms with Crippen molar-refractivity contribution in [2.45, 2.75) is 31.0 Å². The minimum absolute atomic E-state index is 0.106. The van der Waals surface area contributed by atoms with Gasteiger partial charge in [0.15, 0.2) is 17.4 Å². The third-order valence-corrected chi connectivity index (χ3v) is 6.04. The fourth-order valence-corrected chi connectivity index (χ4v) is 4.47. The predicted molar refractivity (Wildman–Crippen MR) is 98.9 cm³/mol. The lowest BCUT2D eigenvalue weighted by molar-refractivity contribution is 0.0779. The molecule has 150 valence electrons. The third kappa shape index (κ3) is 3.01. The Hall–Kier alpha value is -1.98. The lowest BCUT2D eigenvalue weighted by Crippen LogP contribution is -2.61. The molecule has 0 saturated carbocycles. The Morgan fingerprint density at radius 3 is 2.86 bits per heavy atom. The first kappa shape index (κ1) is 19.3. The highest BCUT2D eigenvalue weighted by molar-refractivity contribution is 9.10. The van der Waals surface area contributed by atoms with Gasteiger partial charge in [-0.05, 0) is 40.4 Å². The number of benzene rings is 1. The molecular weight excluding hydrogens is 466 g/mol. The number of aromatic amines is 1. The fraction of sp³-hybridized carbons (Fsp3) is 0.438. The second kappa shape index (κ2) is 7.12. The number of H-pyrrole nitrogens is 1. The predicted octanol–water partition coefficient (Wildman–Crippen LogP) is 2.48. The minimum atomic E-state index is -1.09. The van der Waals surface area contributed by atoms with Gasteiger partial charge < -0.3 is 15.2 Å². The normalized spacial score (nSPS) is 24.0. The van der Waals surface area contributed by atoms with Gasteiger partial charge in [-0.15, -0.1) is 0 Å². The van der Waals surface area contributed by atoms with Crippen LogP contribution in [-0.2, 0) is 0 Å². The quantitative estimate of drug-likeness (QED) is 0.461. The first-order chi connectivity index (χ1) is 13.3. The van der Waals surface area contributed by atoms with E-state index in [4.69, 9.17) is 16.3 Å². The van der Waals surface area contributed by atoms with Gasteiger partial charge in [0.2, 0.25) is 5.28 Å².